The summed E-state index contributed by atoms with van der Waals surface area (Å²) in [5, 5.41) is 0. The minimum Gasteiger partial charge on any atom is -0.667 e. The van der Waals surface area contributed by atoms with E-state index in [9.17, 15) is 13.2 Å². The zero-order chi connectivity index (χ0) is 6.78. The van der Waals surface area contributed by atoms with E-state index in [2.05, 4.69) is 0 Å². The molecule has 0 aromatic carbocycles. The largest absolute Gasteiger partial charge is 1.00 e. The Morgan fingerprint density at radius 3 is 1.89 bits per heavy atom. The molecular formula is C2H4NNaO4S. The molecule has 0 spiro atoms. The summed E-state index contributed by atoms with van der Waals surface area (Å²) in [6, 6.07) is 0. The van der Waals surface area contributed by atoms with E-state index >= 15 is 0 Å². The van der Waals surface area contributed by atoms with Gasteiger partial charge in [-0.1, -0.05) is 0 Å². The summed E-state index contributed by atoms with van der Waals surface area (Å²) < 4.78 is 27.1. The van der Waals surface area contributed by atoms with E-state index in [1.54, 1.807) is 0 Å². The molecule has 2 N–H and O–H groups in total. The Labute approximate surface area is 74.6 Å². The molecule has 0 heterocycles. The van der Waals surface area contributed by atoms with Crippen LogP contribution in [0.25, 0.3) is 5.73 Å². The molecular weight excluding hydrogens is 157 g/mol. The summed E-state index contributed by atoms with van der Waals surface area (Å²) in [7, 11) is -4.26. The van der Waals surface area contributed by atoms with E-state index in [-0.39, 0.29) is 29.6 Å². The molecule has 5 nitrogen and oxygen atoms in total. The van der Waals surface area contributed by atoms with Gasteiger partial charge >= 0.3 is 29.6 Å². The smallest absolute Gasteiger partial charge is 0.667 e. The molecule has 0 rings (SSSR count). The van der Waals surface area contributed by atoms with Crippen LogP contribution >= 0.6 is 0 Å². The Morgan fingerprint density at radius 2 is 1.89 bits per heavy atom. The minimum atomic E-state index is -4.26. The van der Waals surface area contributed by atoms with Gasteiger partial charge in [-0.2, -0.15) is 8.42 Å². The number of hydrogen-bond donors (Lipinski definition) is 1. The van der Waals surface area contributed by atoms with Gasteiger partial charge in [0.25, 0.3) is 10.1 Å². The average molecular weight is 161 g/mol. The predicted octanol–water partition coefficient (Wildman–Crippen LogP) is -3.54. The van der Waals surface area contributed by atoms with Gasteiger partial charge in [0.15, 0.2) is 0 Å². The Hall–Kier alpha value is 0.380. The van der Waals surface area contributed by atoms with Gasteiger partial charge in [-0.05, 0) is 0 Å². The van der Waals surface area contributed by atoms with Gasteiger partial charge in [0.05, 0.1) is 5.91 Å². The third-order valence-corrected chi connectivity index (χ3v) is 0.940. The Bertz CT molecular complexity index is 185. The average Bonchev–Trinajstić information content (AvgIpc) is 1.21. The molecule has 0 aliphatic carbocycles. The van der Waals surface area contributed by atoms with Gasteiger partial charge in [-0.25, -0.2) is 0 Å². The van der Waals surface area contributed by atoms with Crippen molar-refractivity contribution in [3.63, 3.8) is 0 Å². The number of amides is 1. The molecule has 1 amide bonds. The first-order chi connectivity index (χ1) is 3.42. The summed E-state index contributed by atoms with van der Waals surface area (Å²) in [5.41, 5.74) is 6.06. The predicted molar refractivity (Wildman–Crippen MR) is 25.7 cm³/mol. The maximum absolute atomic E-state index is 9.66. The standard InChI is InChI=1S/C2H5NO4S.Na/c3-2(4)1-8(5,6)7;/h1H2,(H3,3,4,5,6,7);/q;+1/p-1. The van der Waals surface area contributed by atoms with Gasteiger partial charge in [0.2, 0.25) is 0 Å². The molecule has 0 aromatic rings. The quantitative estimate of drug-likeness (QED) is 0.335. The summed E-state index contributed by atoms with van der Waals surface area (Å²) in [6.07, 6.45) is 0. The number of rotatable bonds is 2. The summed E-state index contributed by atoms with van der Waals surface area (Å²) in [6.45, 7) is 0. The van der Waals surface area contributed by atoms with Gasteiger partial charge in [0.1, 0.15) is 5.75 Å². The molecule has 0 fully saturated rings. The SMILES string of the molecule is [NH-]C(=O)CS(=O)(=O)O.[Na+]. The van der Waals surface area contributed by atoms with Crippen molar-refractivity contribution >= 4 is 16.0 Å². The second kappa shape index (κ2) is 4.24. The topological polar surface area (TPSA) is 95.2 Å². The van der Waals surface area contributed by atoms with E-state index in [1.807, 2.05) is 0 Å². The zero-order valence-corrected chi connectivity index (χ0v) is 7.60. The van der Waals surface area contributed by atoms with Crippen LogP contribution in [0.2, 0.25) is 0 Å². The molecule has 0 atom stereocenters. The number of hydrogen-bond acceptors (Lipinski definition) is 3. The van der Waals surface area contributed by atoms with Crippen molar-refractivity contribution in [1.29, 1.82) is 0 Å². The molecule has 0 unspecified atom stereocenters. The third kappa shape index (κ3) is 11.8. The number of carbonyl (C=O) groups is 1. The van der Waals surface area contributed by atoms with Crippen LogP contribution in [-0.2, 0) is 14.9 Å². The first-order valence-corrected chi connectivity index (χ1v) is 3.22. The van der Waals surface area contributed by atoms with Gasteiger partial charge in [-0.15, -0.1) is 0 Å². The molecule has 0 aliphatic heterocycles. The summed E-state index contributed by atoms with van der Waals surface area (Å²) in [5.74, 6) is -2.43. The zero-order valence-electron chi connectivity index (χ0n) is 4.79. The fourth-order valence-electron chi connectivity index (χ4n) is 0.166. The van der Waals surface area contributed by atoms with E-state index in [0.717, 1.165) is 0 Å². The number of nitrogens with one attached hydrogen (secondary N) is 1. The van der Waals surface area contributed by atoms with Gasteiger partial charge in [0, 0.05) is 0 Å². The van der Waals surface area contributed by atoms with Crippen molar-refractivity contribution in [2.75, 3.05) is 5.75 Å². The van der Waals surface area contributed by atoms with Crippen molar-refractivity contribution in [3.8, 4) is 0 Å². The van der Waals surface area contributed by atoms with Crippen LogP contribution in [0.5, 0.6) is 0 Å². The summed E-state index contributed by atoms with van der Waals surface area (Å²) >= 11 is 0. The molecule has 9 heavy (non-hydrogen) atoms. The molecule has 0 bridgehead atoms. The second-order valence-electron chi connectivity index (χ2n) is 1.15. The van der Waals surface area contributed by atoms with Crippen LogP contribution in [0.4, 0.5) is 0 Å². The Morgan fingerprint density at radius 1 is 1.56 bits per heavy atom. The Kier molecular flexibility index (Phi) is 5.69. The molecule has 48 valence electrons. The fourth-order valence-corrected chi connectivity index (χ4v) is 0.497. The maximum atomic E-state index is 9.66. The van der Waals surface area contributed by atoms with Crippen molar-refractivity contribution in [2.24, 2.45) is 0 Å². The maximum Gasteiger partial charge on any atom is 1.00 e. The van der Waals surface area contributed by atoms with Crippen molar-refractivity contribution in [3.05, 3.63) is 5.73 Å². The van der Waals surface area contributed by atoms with Crippen LogP contribution < -0.4 is 29.6 Å². The van der Waals surface area contributed by atoms with Crippen LogP contribution in [-0.4, -0.2) is 24.6 Å². The normalized spacial score (nSPS) is 9.89. The molecule has 7 heteroatoms. The molecule has 0 aliphatic rings. The van der Waals surface area contributed by atoms with Gasteiger partial charge in [-0.3, -0.25) is 4.55 Å². The van der Waals surface area contributed by atoms with Crippen LogP contribution in [0.3, 0.4) is 0 Å². The third-order valence-electron chi connectivity index (χ3n) is 0.313. The molecule has 0 saturated carbocycles. The van der Waals surface area contributed by atoms with Crippen LogP contribution in [0.1, 0.15) is 0 Å². The fraction of sp³-hybridized carbons (Fsp3) is 0.500. The van der Waals surface area contributed by atoms with E-state index in [4.69, 9.17) is 10.3 Å². The van der Waals surface area contributed by atoms with E-state index < -0.39 is 21.8 Å². The first kappa shape index (κ1) is 12.1. The minimum absolute atomic E-state index is 0. The van der Waals surface area contributed by atoms with Crippen LogP contribution in [0, 0.1) is 0 Å². The van der Waals surface area contributed by atoms with Crippen molar-refractivity contribution in [1.82, 2.24) is 0 Å². The monoisotopic (exact) mass is 161 g/mol. The van der Waals surface area contributed by atoms with E-state index in [0.29, 0.717) is 0 Å². The Balaban J connectivity index is 0. The molecule has 0 radical (unpaired) electrons. The molecule has 0 aromatic heterocycles. The second-order valence-corrected chi connectivity index (χ2v) is 2.60. The molecule has 0 saturated heterocycles. The first-order valence-electron chi connectivity index (χ1n) is 1.61. The summed E-state index contributed by atoms with van der Waals surface area (Å²) in [4.78, 5) is 9.59. The number of carbonyl (C=O) groups excluding carboxylic acids is 1. The van der Waals surface area contributed by atoms with E-state index in [1.165, 1.54) is 0 Å². The van der Waals surface area contributed by atoms with Crippen molar-refractivity contribution < 1.29 is 47.3 Å². The van der Waals surface area contributed by atoms with Crippen molar-refractivity contribution in [2.45, 2.75) is 0 Å². The van der Waals surface area contributed by atoms with Gasteiger partial charge < -0.3 is 10.5 Å². The van der Waals surface area contributed by atoms with Crippen LogP contribution in [0.15, 0.2) is 0 Å².